The minimum atomic E-state index is -0.793. The molecule has 0 aliphatic carbocycles. The third-order valence-electron chi connectivity index (χ3n) is 7.04. The van der Waals surface area contributed by atoms with Crippen LogP contribution in [0.4, 0.5) is 0 Å². The average molecular weight is 471 g/mol. The van der Waals surface area contributed by atoms with Gasteiger partial charge in [-0.25, -0.2) is 4.79 Å². The van der Waals surface area contributed by atoms with Gasteiger partial charge in [-0.2, -0.15) is 0 Å². The zero-order valence-electron chi connectivity index (χ0n) is 19.9. The van der Waals surface area contributed by atoms with Crippen molar-refractivity contribution in [3.63, 3.8) is 0 Å². The lowest BCUT2D eigenvalue weighted by Crippen LogP contribution is -2.44. The second kappa shape index (κ2) is 8.30. The van der Waals surface area contributed by atoms with Gasteiger partial charge in [-0.05, 0) is 37.1 Å². The van der Waals surface area contributed by atoms with E-state index in [0.717, 1.165) is 22.3 Å². The lowest BCUT2D eigenvalue weighted by atomic mass is 9.82. The Morgan fingerprint density at radius 3 is 2.49 bits per heavy atom. The Morgan fingerprint density at radius 2 is 1.80 bits per heavy atom. The molecular weight excluding hydrogens is 444 g/mol. The Labute approximate surface area is 203 Å². The van der Waals surface area contributed by atoms with Crippen LogP contribution in [0.1, 0.15) is 52.2 Å². The molecule has 2 aliphatic rings. The summed E-state index contributed by atoms with van der Waals surface area (Å²) in [5.41, 5.74) is 2.79. The summed E-state index contributed by atoms with van der Waals surface area (Å²) >= 11 is 0. The molecule has 178 valence electrons. The van der Waals surface area contributed by atoms with Gasteiger partial charge in [0, 0.05) is 49.7 Å². The molecule has 35 heavy (non-hydrogen) atoms. The number of amides is 2. The van der Waals surface area contributed by atoms with Crippen molar-refractivity contribution in [1.82, 2.24) is 20.2 Å². The highest BCUT2D eigenvalue weighted by Crippen LogP contribution is 2.44. The van der Waals surface area contributed by atoms with Crippen LogP contribution in [0.25, 0.3) is 11.1 Å². The number of ether oxygens (including phenoxy) is 1. The molecule has 4 heterocycles. The number of fused-ring (bicyclic) bond motifs is 2. The summed E-state index contributed by atoms with van der Waals surface area (Å²) < 4.78 is 5.77. The van der Waals surface area contributed by atoms with Crippen LogP contribution in [-0.4, -0.2) is 52.8 Å². The highest BCUT2D eigenvalue weighted by Gasteiger charge is 2.52. The summed E-state index contributed by atoms with van der Waals surface area (Å²) in [6.45, 7) is 4.67. The lowest BCUT2D eigenvalue weighted by Gasteiger charge is -2.31. The van der Waals surface area contributed by atoms with Crippen LogP contribution in [0.5, 0.6) is 0 Å². The smallest absolute Gasteiger partial charge is 0.341 e. The number of pyridine rings is 2. The van der Waals surface area contributed by atoms with Crippen LogP contribution in [0.3, 0.4) is 0 Å². The first kappa shape index (κ1) is 22.7. The van der Waals surface area contributed by atoms with E-state index < -0.39 is 11.0 Å². The van der Waals surface area contributed by atoms with Crippen molar-refractivity contribution < 1.29 is 19.1 Å². The van der Waals surface area contributed by atoms with Crippen LogP contribution in [0.2, 0.25) is 0 Å². The van der Waals surface area contributed by atoms with Gasteiger partial charge in [0.15, 0.2) is 5.60 Å². The van der Waals surface area contributed by atoms with E-state index in [4.69, 9.17) is 4.74 Å². The van der Waals surface area contributed by atoms with E-state index >= 15 is 0 Å². The van der Waals surface area contributed by atoms with Crippen molar-refractivity contribution in [3.8, 4) is 11.1 Å². The number of carbonyl (C=O) groups is 3. The zero-order chi connectivity index (χ0) is 24.8. The molecule has 0 bridgehead atoms. The van der Waals surface area contributed by atoms with Crippen molar-refractivity contribution in [2.75, 3.05) is 20.1 Å². The van der Waals surface area contributed by atoms with E-state index in [9.17, 15) is 14.4 Å². The summed E-state index contributed by atoms with van der Waals surface area (Å²) in [6.07, 6.45) is 5.41. The third-order valence-corrected chi connectivity index (χ3v) is 7.04. The topological polar surface area (TPSA) is 101 Å². The molecule has 3 aromatic rings. The Balaban J connectivity index is 1.33. The minimum absolute atomic E-state index is 0.0164. The molecule has 1 unspecified atom stereocenters. The van der Waals surface area contributed by atoms with Crippen molar-refractivity contribution in [1.29, 1.82) is 0 Å². The molecule has 1 fully saturated rings. The number of hydrogen-bond acceptors (Lipinski definition) is 6. The van der Waals surface area contributed by atoms with E-state index in [1.54, 1.807) is 30.4 Å². The summed E-state index contributed by atoms with van der Waals surface area (Å²) in [4.78, 5) is 47.7. The van der Waals surface area contributed by atoms with Crippen molar-refractivity contribution in [2.24, 2.45) is 0 Å². The Morgan fingerprint density at radius 1 is 1.06 bits per heavy atom. The van der Waals surface area contributed by atoms with Gasteiger partial charge in [0.25, 0.3) is 5.91 Å². The van der Waals surface area contributed by atoms with Gasteiger partial charge >= 0.3 is 5.97 Å². The van der Waals surface area contributed by atoms with Crippen LogP contribution >= 0.6 is 0 Å². The SMILES string of the molecule is CNC(=O)c1ccc(-c2ccc(C(C)(C)C(=O)N3CCC4(C3)OC(=O)c3cnccc34)cc2)cn1. The Hall–Kier alpha value is -4.07. The number of benzene rings is 1. The number of esters is 1. The van der Waals surface area contributed by atoms with Crippen molar-refractivity contribution >= 4 is 17.8 Å². The molecule has 1 saturated heterocycles. The fourth-order valence-electron chi connectivity index (χ4n) is 4.93. The van der Waals surface area contributed by atoms with Gasteiger partial charge in [0.1, 0.15) is 5.69 Å². The van der Waals surface area contributed by atoms with E-state index in [1.807, 2.05) is 50.2 Å². The normalized spacial score (nSPS) is 18.9. The van der Waals surface area contributed by atoms with Gasteiger partial charge in [-0.1, -0.05) is 30.3 Å². The van der Waals surface area contributed by atoms with E-state index in [1.165, 1.54) is 6.20 Å². The highest BCUT2D eigenvalue weighted by atomic mass is 16.6. The van der Waals surface area contributed by atoms with Gasteiger partial charge in [0.2, 0.25) is 5.91 Å². The molecule has 1 aromatic carbocycles. The maximum Gasteiger partial charge on any atom is 0.341 e. The fourth-order valence-corrected chi connectivity index (χ4v) is 4.93. The lowest BCUT2D eigenvalue weighted by molar-refractivity contribution is -0.136. The maximum absolute atomic E-state index is 13.6. The molecular formula is C27H26N4O4. The quantitative estimate of drug-likeness (QED) is 0.588. The number of rotatable bonds is 4. The molecule has 2 aromatic heterocycles. The Kier molecular flexibility index (Phi) is 5.39. The minimum Gasteiger partial charge on any atom is -0.449 e. The number of aromatic nitrogens is 2. The predicted octanol–water partition coefficient (Wildman–Crippen LogP) is 3.08. The standard InChI is InChI=1S/C27H26N4O4/c1-26(2,19-7-4-17(5-8-19)18-6-9-22(30-14-18)23(32)28-3)25(34)31-13-11-27(16-31)21-10-12-29-15-20(21)24(33)35-27/h4-10,12,14-15H,11,13,16H2,1-3H3,(H,28,32). The average Bonchev–Trinajstić information content (AvgIpc) is 3.44. The number of carbonyl (C=O) groups excluding carboxylic acids is 3. The predicted molar refractivity (Wildman–Crippen MR) is 129 cm³/mol. The fraction of sp³-hybridized carbons (Fsp3) is 0.296. The first-order valence-corrected chi connectivity index (χ1v) is 11.5. The zero-order valence-corrected chi connectivity index (χ0v) is 19.9. The Bertz CT molecular complexity index is 1320. The van der Waals surface area contributed by atoms with E-state index in [0.29, 0.717) is 30.8 Å². The first-order valence-electron chi connectivity index (χ1n) is 11.5. The summed E-state index contributed by atoms with van der Waals surface area (Å²) in [5, 5.41) is 2.56. The van der Waals surface area contributed by atoms with Crippen LogP contribution in [0, 0.1) is 0 Å². The second-order valence-corrected chi connectivity index (χ2v) is 9.50. The number of hydrogen-bond donors (Lipinski definition) is 1. The second-order valence-electron chi connectivity index (χ2n) is 9.50. The largest absolute Gasteiger partial charge is 0.449 e. The van der Waals surface area contributed by atoms with Gasteiger partial charge in [0.05, 0.1) is 17.5 Å². The van der Waals surface area contributed by atoms with Gasteiger partial charge < -0.3 is 15.0 Å². The number of likely N-dealkylation sites (tertiary alicyclic amines) is 1. The number of nitrogens with one attached hydrogen (secondary N) is 1. The van der Waals surface area contributed by atoms with Crippen LogP contribution in [-0.2, 0) is 20.5 Å². The summed E-state index contributed by atoms with van der Waals surface area (Å²) in [6, 6.07) is 13.1. The molecule has 5 rings (SSSR count). The van der Waals surface area contributed by atoms with E-state index in [-0.39, 0.29) is 17.8 Å². The first-order chi connectivity index (χ1) is 16.7. The van der Waals surface area contributed by atoms with Crippen LogP contribution in [0.15, 0.2) is 61.1 Å². The number of nitrogens with zero attached hydrogens (tertiary/aromatic N) is 3. The third kappa shape index (κ3) is 3.75. The highest BCUT2D eigenvalue weighted by molar-refractivity contribution is 5.95. The molecule has 8 nitrogen and oxygen atoms in total. The molecule has 0 radical (unpaired) electrons. The molecule has 0 saturated carbocycles. The molecule has 1 N–H and O–H groups in total. The van der Waals surface area contributed by atoms with Gasteiger partial charge in [-0.3, -0.25) is 19.6 Å². The molecule has 2 aliphatic heterocycles. The van der Waals surface area contributed by atoms with Crippen molar-refractivity contribution in [2.45, 2.75) is 31.3 Å². The summed E-state index contributed by atoms with van der Waals surface area (Å²) in [7, 11) is 1.57. The van der Waals surface area contributed by atoms with Gasteiger partial charge in [-0.15, -0.1) is 0 Å². The molecule has 1 atom stereocenters. The summed E-state index contributed by atoms with van der Waals surface area (Å²) in [5.74, 6) is -0.629. The van der Waals surface area contributed by atoms with Crippen LogP contribution < -0.4 is 5.32 Å². The maximum atomic E-state index is 13.6. The van der Waals surface area contributed by atoms with E-state index in [2.05, 4.69) is 15.3 Å². The van der Waals surface area contributed by atoms with Crippen molar-refractivity contribution in [3.05, 3.63) is 83.4 Å². The molecule has 8 heteroatoms. The molecule has 1 spiro atoms. The molecule has 2 amide bonds. The monoisotopic (exact) mass is 470 g/mol.